The van der Waals surface area contributed by atoms with E-state index in [1.165, 1.54) is 19.2 Å². The van der Waals surface area contributed by atoms with Gasteiger partial charge >= 0.3 is 5.97 Å². The second-order valence-corrected chi connectivity index (χ2v) is 8.25. The predicted molar refractivity (Wildman–Crippen MR) is 106 cm³/mol. The Bertz CT molecular complexity index is 892. The number of methoxy groups -OCH3 is 1. The molecular formula is C19H23ClN2O4S. The van der Waals surface area contributed by atoms with Gasteiger partial charge in [0.05, 0.1) is 17.4 Å². The highest BCUT2D eigenvalue weighted by atomic mass is 35.5. The molecule has 1 saturated carbocycles. The van der Waals surface area contributed by atoms with Crippen LogP contribution in [0.2, 0.25) is 0 Å². The zero-order valence-electron chi connectivity index (χ0n) is 15.0. The predicted octanol–water partition coefficient (Wildman–Crippen LogP) is 2.42. The van der Waals surface area contributed by atoms with Gasteiger partial charge in [0.25, 0.3) is 0 Å². The Morgan fingerprint density at radius 3 is 2.22 bits per heavy atom. The minimum Gasteiger partial charge on any atom is -0.468 e. The molecule has 2 aromatic rings. The van der Waals surface area contributed by atoms with Crippen molar-refractivity contribution >= 4 is 34.1 Å². The number of anilines is 1. The number of benzene rings is 2. The lowest BCUT2D eigenvalue weighted by Crippen LogP contribution is -2.26. The number of rotatable bonds is 7. The molecule has 0 heterocycles. The third-order valence-electron chi connectivity index (χ3n) is 4.73. The first-order valence-electron chi connectivity index (χ1n) is 8.40. The van der Waals surface area contributed by atoms with Crippen LogP contribution in [0.3, 0.4) is 0 Å². The molecule has 0 saturated heterocycles. The third kappa shape index (κ3) is 4.61. The van der Waals surface area contributed by atoms with Crippen LogP contribution in [0.1, 0.15) is 24.0 Å². The molecule has 146 valence electrons. The van der Waals surface area contributed by atoms with Gasteiger partial charge < -0.3 is 10.5 Å². The van der Waals surface area contributed by atoms with E-state index in [-0.39, 0.29) is 23.3 Å². The topological polar surface area (TPSA) is 98.5 Å². The zero-order valence-corrected chi connectivity index (χ0v) is 16.6. The van der Waals surface area contributed by atoms with E-state index in [2.05, 4.69) is 4.72 Å². The zero-order chi connectivity index (χ0) is 18.8. The van der Waals surface area contributed by atoms with Crippen molar-refractivity contribution in [3.8, 4) is 0 Å². The Balaban J connectivity index is 0.00000261. The summed E-state index contributed by atoms with van der Waals surface area (Å²) in [6.45, 7) is 0.292. The van der Waals surface area contributed by atoms with Gasteiger partial charge in [-0.15, -0.1) is 12.4 Å². The molecule has 0 radical (unpaired) electrons. The van der Waals surface area contributed by atoms with Gasteiger partial charge in [0.2, 0.25) is 10.0 Å². The normalized spacial score (nSPS) is 14.9. The summed E-state index contributed by atoms with van der Waals surface area (Å²) in [5, 5.41) is 0. The fraction of sp³-hybridized carbons (Fsp3) is 0.316. The van der Waals surface area contributed by atoms with Crippen LogP contribution in [0.4, 0.5) is 5.69 Å². The molecule has 0 atom stereocenters. The van der Waals surface area contributed by atoms with Crippen LogP contribution in [0.5, 0.6) is 0 Å². The monoisotopic (exact) mass is 410 g/mol. The van der Waals surface area contributed by atoms with E-state index in [1.807, 2.05) is 12.1 Å². The maximum absolute atomic E-state index is 12.4. The molecule has 0 aliphatic heterocycles. The van der Waals surface area contributed by atoms with Crippen molar-refractivity contribution in [3.05, 3.63) is 59.7 Å². The van der Waals surface area contributed by atoms with Crippen LogP contribution >= 0.6 is 12.4 Å². The molecule has 0 amide bonds. The van der Waals surface area contributed by atoms with E-state index < -0.39 is 15.4 Å². The van der Waals surface area contributed by atoms with Crippen molar-refractivity contribution < 1.29 is 17.9 Å². The minimum absolute atomic E-state index is 0. The number of nitrogen functional groups attached to an aromatic ring is 1. The molecule has 0 aromatic heterocycles. The minimum atomic E-state index is -3.60. The van der Waals surface area contributed by atoms with E-state index >= 15 is 0 Å². The first kappa shape index (κ1) is 21.2. The molecule has 0 spiro atoms. The summed E-state index contributed by atoms with van der Waals surface area (Å²) in [4.78, 5) is 12.1. The molecule has 8 heteroatoms. The number of halogens is 1. The number of carbonyl (C=O) groups is 1. The maximum atomic E-state index is 12.4. The van der Waals surface area contributed by atoms with Crippen molar-refractivity contribution in [2.24, 2.45) is 0 Å². The van der Waals surface area contributed by atoms with E-state index in [9.17, 15) is 13.2 Å². The highest BCUT2D eigenvalue weighted by Gasteiger charge is 2.52. The van der Waals surface area contributed by atoms with Gasteiger partial charge in [-0.05, 0) is 54.7 Å². The highest BCUT2D eigenvalue weighted by Crippen LogP contribution is 2.49. The summed E-state index contributed by atoms with van der Waals surface area (Å²) in [6, 6.07) is 13.8. The van der Waals surface area contributed by atoms with E-state index in [0.29, 0.717) is 18.7 Å². The third-order valence-corrected chi connectivity index (χ3v) is 6.21. The number of sulfonamides is 1. The van der Waals surface area contributed by atoms with Crippen molar-refractivity contribution in [2.45, 2.75) is 29.6 Å². The standard InChI is InChI=1S/C19H22N2O4S.ClH/c1-25-18(22)19(11-12-19)15-4-8-17(9-5-15)26(23,24)21-13-10-14-2-6-16(20)7-3-14;/h2-9,21H,10-13,20H2,1H3;1H. The van der Waals surface area contributed by atoms with Crippen molar-refractivity contribution in [1.29, 1.82) is 0 Å². The number of carbonyl (C=O) groups excluding carboxylic acids is 1. The van der Waals surface area contributed by atoms with Gasteiger partial charge in [0.1, 0.15) is 0 Å². The summed E-state index contributed by atoms with van der Waals surface area (Å²) >= 11 is 0. The van der Waals surface area contributed by atoms with Gasteiger partial charge in [-0.1, -0.05) is 24.3 Å². The molecule has 6 nitrogen and oxygen atoms in total. The summed E-state index contributed by atoms with van der Waals surface area (Å²) < 4.78 is 32.3. The number of nitrogens with two attached hydrogens (primary N) is 1. The van der Waals surface area contributed by atoms with Crippen LogP contribution in [0.15, 0.2) is 53.4 Å². The fourth-order valence-corrected chi connectivity index (χ4v) is 4.01. The van der Waals surface area contributed by atoms with Gasteiger partial charge in [-0.25, -0.2) is 13.1 Å². The SMILES string of the molecule is COC(=O)C1(c2ccc(S(=O)(=O)NCCc3ccc(N)cc3)cc2)CC1.Cl. The lowest BCUT2D eigenvalue weighted by molar-refractivity contribution is -0.143. The number of nitrogens with one attached hydrogen (secondary N) is 1. The average Bonchev–Trinajstić information content (AvgIpc) is 3.45. The fourth-order valence-electron chi connectivity index (χ4n) is 2.98. The quantitative estimate of drug-likeness (QED) is 0.539. The van der Waals surface area contributed by atoms with E-state index in [4.69, 9.17) is 10.5 Å². The van der Waals surface area contributed by atoms with Crippen LogP contribution in [-0.4, -0.2) is 28.0 Å². The van der Waals surface area contributed by atoms with Crippen molar-refractivity contribution in [1.82, 2.24) is 4.72 Å². The van der Waals surface area contributed by atoms with Gasteiger partial charge in [0, 0.05) is 12.2 Å². The van der Waals surface area contributed by atoms with Crippen LogP contribution in [0, 0.1) is 0 Å². The summed E-state index contributed by atoms with van der Waals surface area (Å²) in [5.41, 5.74) is 7.52. The molecule has 3 rings (SSSR count). The number of esters is 1. The summed E-state index contributed by atoms with van der Waals surface area (Å²) in [6.07, 6.45) is 2.03. The summed E-state index contributed by atoms with van der Waals surface area (Å²) in [5.74, 6) is -0.269. The van der Waals surface area contributed by atoms with Crippen molar-refractivity contribution in [2.75, 3.05) is 19.4 Å². The molecule has 0 bridgehead atoms. The molecule has 2 aromatic carbocycles. The Morgan fingerprint density at radius 2 is 1.70 bits per heavy atom. The van der Waals surface area contributed by atoms with Gasteiger partial charge in [-0.3, -0.25) is 4.79 Å². The first-order chi connectivity index (χ1) is 12.4. The summed E-state index contributed by atoms with van der Waals surface area (Å²) in [7, 11) is -2.23. The molecule has 0 unspecified atom stereocenters. The lowest BCUT2D eigenvalue weighted by atomic mass is 9.96. The average molecular weight is 411 g/mol. The first-order valence-corrected chi connectivity index (χ1v) is 9.89. The molecule has 1 fully saturated rings. The Hall–Kier alpha value is -2.09. The number of hydrogen-bond donors (Lipinski definition) is 2. The molecule has 27 heavy (non-hydrogen) atoms. The second-order valence-electron chi connectivity index (χ2n) is 6.49. The van der Waals surface area contributed by atoms with Crippen molar-refractivity contribution in [3.63, 3.8) is 0 Å². The van der Waals surface area contributed by atoms with E-state index in [0.717, 1.165) is 24.0 Å². The highest BCUT2D eigenvalue weighted by molar-refractivity contribution is 7.89. The van der Waals surface area contributed by atoms with Gasteiger partial charge in [-0.2, -0.15) is 0 Å². The van der Waals surface area contributed by atoms with Gasteiger partial charge in [0.15, 0.2) is 0 Å². The Kier molecular flexibility index (Phi) is 6.51. The molecule has 1 aliphatic rings. The number of ether oxygens (including phenoxy) is 1. The van der Waals surface area contributed by atoms with Crippen LogP contribution in [0.25, 0.3) is 0 Å². The molecule has 3 N–H and O–H groups in total. The van der Waals surface area contributed by atoms with Crippen LogP contribution < -0.4 is 10.5 Å². The Morgan fingerprint density at radius 1 is 1.11 bits per heavy atom. The second kappa shape index (κ2) is 8.29. The molecule has 1 aliphatic carbocycles. The molecular weight excluding hydrogens is 388 g/mol. The maximum Gasteiger partial charge on any atom is 0.316 e. The number of hydrogen-bond acceptors (Lipinski definition) is 5. The smallest absolute Gasteiger partial charge is 0.316 e. The Labute approximate surface area is 165 Å². The largest absolute Gasteiger partial charge is 0.468 e. The van der Waals surface area contributed by atoms with E-state index in [1.54, 1.807) is 24.3 Å². The lowest BCUT2D eigenvalue weighted by Gasteiger charge is -2.14. The van der Waals surface area contributed by atoms with Crippen LogP contribution in [-0.2, 0) is 31.4 Å².